The molecule has 11 heteroatoms. The van der Waals surface area contributed by atoms with Crippen LogP contribution in [-0.2, 0) is 0 Å². The molecule has 0 aliphatic heterocycles. The summed E-state index contributed by atoms with van der Waals surface area (Å²) in [6.45, 7) is 0. The minimum Gasteiger partial charge on any atom is -0.506 e. The number of nitrogens with one attached hydrogen (secondary N) is 2. The number of rotatable bonds is 5. The van der Waals surface area contributed by atoms with Crippen molar-refractivity contribution < 1.29 is 14.7 Å². The van der Waals surface area contributed by atoms with Crippen LogP contribution in [0.1, 0.15) is 20.7 Å². The number of carbonyl (C=O) groups excluding carboxylic acids is 2. The van der Waals surface area contributed by atoms with Crippen molar-refractivity contribution >= 4 is 68.8 Å². The Hall–Kier alpha value is -3.17. The van der Waals surface area contributed by atoms with Gasteiger partial charge in [-0.3, -0.25) is 14.9 Å². The summed E-state index contributed by atoms with van der Waals surface area (Å²) in [5, 5.41) is 24.9. The van der Waals surface area contributed by atoms with Gasteiger partial charge in [0.15, 0.2) is 5.01 Å². The Balaban J connectivity index is 1.44. The number of aromatic hydroxyl groups is 1. The van der Waals surface area contributed by atoms with Gasteiger partial charge in [-0.25, -0.2) is 0 Å². The molecule has 0 aliphatic rings. The summed E-state index contributed by atoms with van der Waals surface area (Å²) in [5.74, 6) is -0.951. The lowest BCUT2D eigenvalue weighted by molar-refractivity contribution is 0.101. The third-order valence-corrected chi connectivity index (χ3v) is 6.01. The number of phenols is 1. The lowest BCUT2D eigenvalue weighted by atomic mass is 10.1. The van der Waals surface area contributed by atoms with Gasteiger partial charge < -0.3 is 10.4 Å². The Morgan fingerprint density at radius 3 is 2.15 bits per heavy atom. The van der Waals surface area contributed by atoms with Crippen LogP contribution in [0.25, 0.3) is 10.6 Å². The molecule has 0 atom stereocenters. The smallest absolute Gasteiger partial charge is 0.257 e. The van der Waals surface area contributed by atoms with E-state index in [9.17, 15) is 14.7 Å². The lowest BCUT2D eigenvalue weighted by Gasteiger charge is -2.06. The number of phenolic OH excluding ortho intramolecular Hbond substituents is 1. The molecule has 0 radical (unpaired) electrons. The first kappa shape index (κ1) is 23.0. The number of carbonyl (C=O) groups is 2. The molecule has 166 valence electrons. The first-order valence-electron chi connectivity index (χ1n) is 9.30. The van der Waals surface area contributed by atoms with Crippen molar-refractivity contribution in [2.75, 3.05) is 10.6 Å². The highest BCUT2D eigenvalue weighted by Gasteiger charge is 2.17. The van der Waals surface area contributed by atoms with E-state index in [1.807, 2.05) is 0 Å². The Kier molecular flexibility index (Phi) is 6.80. The summed E-state index contributed by atoms with van der Waals surface area (Å²) in [5.41, 5.74) is 1.56. The number of amides is 2. The second-order valence-corrected chi connectivity index (χ2v) is 8.95. The topological polar surface area (TPSA) is 104 Å². The van der Waals surface area contributed by atoms with Gasteiger partial charge in [0, 0.05) is 26.9 Å². The van der Waals surface area contributed by atoms with Crippen LogP contribution in [0.4, 0.5) is 10.8 Å². The number of benzene rings is 3. The van der Waals surface area contributed by atoms with Gasteiger partial charge in [-0.15, -0.1) is 10.2 Å². The maximum atomic E-state index is 12.6. The Morgan fingerprint density at radius 1 is 0.818 bits per heavy atom. The van der Waals surface area contributed by atoms with Gasteiger partial charge in [-0.2, -0.15) is 0 Å². The molecule has 2 amide bonds. The quantitative estimate of drug-likeness (QED) is 0.284. The van der Waals surface area contributed by atoms with Crippen molar-refractivity contribution in [3.05, 3.63) is 86.9 Å². The molecule has 0 fully saturated rings. The molecule has 3 N–H and O–H groups in total. The number of hydrogen-bond acceptors (Lipinski definition) is 6. The number of aromatic nitrogens is 2. The zero-order valence-corrected chi connectivity index (χ0v) is 19.6. The van der Waals surface area contributed by atoms with E-state index in [1.54, 1.807) is 24.3 Å². The molecular formula is C22H13Cl3N4O3S. The van der Waals surface area contributed by atoms with Crippen LogP contribution < -0.4 is 10.6 Å². The average Bonchev–Trinajstić information content (AvgIpc) is 3.24. The minimum atomic E-state index is -0.437. The second-order valence-electron chi connectivity index (χ2n) is 6.69. The van der Waals surface area contributed by atoms with E-state index >= 15 is 0 Å². The van der Waals surface area contributed by atoms with Gasteiger partial charge in [0.2, 0.25) is 5.13 Å². The highest BCUT2D eigenvalue weighted by atomic mass is 35.5. The van der Waals surface area contributed by atoms with E-state index in [4.69, 9.17) is 34.8 Å². The predicted molar refractivity (Wildman–Crippen MR) is 131 cm³/mol. The molecule has 1 aromatic heterocycles. The van der Waals surface area contributed by atoms with Crippen molar-refractivity contribution in [1.29, 1.82) is 0 Å². The predicted octanol–water partition coefficient (Wildman–Crippen LogP) is 6.38. The van der Waals surface area contributed by atoms with Crippen LogP contribution in [0.2, 0.25) is 15.1 Å². The van der Waals surface area contributed by atoms with Crippen LogP contribution >= 0.6 is 46.1 Å². The van der Waals surface area contributed by atoms with Gasteiger partial charge in [0.05, 0.1) is 10.6 Å². The molecule has 4 aromatic rings. The first-order chi connectivity index (χ1) is 15.8. The van der Waals surface area contributed by atoms with Gasteiger partial charge in [0.1, 0.15) is 5.75 Å². The van der Waals surface area contributed by atoms with E-state index in [1.165, 1.54) is 36.4 Å². The van der Waals surface area contributed by atoms with Crippen LogP contribution in [0, 0.1) is 0 Å². The van der Waals surface area contributed by atoms with Gasteiger partial charge in [-0.1, -0.05) is 52.2 Å². The fourth-order valence-electron chi connectivity index (χ4n) is 2.82. The second kappa shape index (κ2) is 9.76. The first-order valence-corrected chi connectivity index (χ1v) is 11.3. The molecule has 0 spiro atoms. The molecule has 7 nitrogen and oxygen atoms in total. The Morgan fingerprint density at radius 2 is 1.48 bits per heavy atom. The summed E-state index contributed by atoms with van der Waals surface area (Å²) in [6.07, 6.45) is 0. The van der Waals surface area contributed by atoms with Crippen LogP contribution in [-0.4, -0.2) is 27.1 Å². The summed E-state index contributed by atoms with van der Waals surface area (Å²) < 4.78 is 0. The van der Waals surface area contributed by atoms with Crippen molar-refractivity contribution in [3.63, 3.8) is 0 Å². The zero-order valence-electron chi connectivity index (χ0n) is 16.5. The van der Waals surface area contributed by atoms with E-state index in [0.717, 1.165) is 11.3 Å². The van der Waals surface area contributed by atoms with Gasteiger partial charge >= 0.3 is 0 Å². The zero-order chi connectivity index (χ0) is 23.5. The average molecular weight is 520 g/mol. The maximum absolute atomic E-state index is 12.6. The van der Waals surface area contributed by atoms with Crippen molar-refractivity contribution in [2.45, 2.75) is 0 Å². The number of nitrogens with zero attached hydrogens (tertiary/aromatic N) is 2. The van der Waals surface area contributed by atoms with Crippen molar-refractivity contribution in [1.82, 2.24) is 10.2 Å². The van der Waals surface area contributed by atoms with Crippen LogP contribution in [0.3, 0.4) is 0 Å². The molecular weight excluding hydrogens is 507 g/mol. The highest BCUT2D eigenvalue weighted by Crippen LogP contribution is 2.39. The largest absolute Gasteiger partial charge is 0.506 e. The minimum absolute atomic E-state index is 0.0813. The highest BCUT2D eigenvalue weighted by molar-refractivity contribution is 7.18. The van der Waals surface area contributed by atoms with E-state index in [0.29, 0.717) is 37.4 Å². The third kappa shape index (κ3) is 5.43. The number of hydrogen-bond donors (Lipinski definition) is 3. The molecule has 0 unspecified atom stereocenters. The summed E-state index contributed by atoms with van der Waals surface area (Å²) in [6, 6.07) is 15.8. The molecule has 0 saturated carbocycles. The van der Waals surface area contributed by atoms with E-state index in [-0.39, 0.29) is 21.8 Å². The Labute approximate surface area is 207 Å². The fraction of sp³-hybridized carbons (Fsp3) is 0. The van der Waals surface area contributed by atoms with E-state index in [2.05, 4.69) is 20.8 Å². The van der Waals surface area contributed by atoms with Crippen molar-refractivity contribution in [2.24, 2.45) is 0 Å². The summed E-state index contributed by atoms with van der Waals surface area (Å²) >= 11 is 18.9. The van der Waals surface area contributed by atoms with Crippen LogP contribution in [0.15, 0.2) is 60.7 Å². The monoisotopic (exact) mass is 518 g/mol. The fourth-order valence-corrected chi connectivity index (χ4v) is 4.26. The molecule has 33 heavy (non-hydrogen) atoms. The summed E-state index contributed by atoms with van der Waals surface area (Å²) in [7, 11) is 0. The van der Waals surface area contributed by atoms with Gasteiger partial charge in [0.25, 0.3) is 11.8 Å². The van der Waals surface area contributed by atoms with Gasteiger partial charge in [-0.05, 0) is 54.6 Å². The Bertz CT molecular complexity index is 1360. The number of anilines is 2. The summed E-state index contributed by atoms with van der Waals surface area (Å²) in [4.78, 5) is 25.0. The third-order valence-electron chi connectivity index (χ3n) is 4.40. The molecule has 1 heterocycles. The maximum Gasteiger partial charge on any atom is 0.257 e. The molecule has 0 bridgehead atoms. The standard InChI is InChI=1S/C22H13Cl3N4O3S/c23-13-2-1-3-15(8-13)26-19(31)11-4-6-12(7-5-11)20(32)27-22-29-28-21(33-22)16-9-14(24)10-17(25)18(16)30/h1-10,30H,(H,26,31)(H,27,29,32). The van der Waals surface area contributed by atoms with Crippen molar-refractivity contribution in [3.8, 4) is 16.3 Å². The molecule has 0 saturated heterocycles. The van der Waals surface area contributed by atoms with E-state index < -0.39 is 5.91 Å². The normalized spacial score (nSPS) is 10.6. The molecule has 4 rings (SSSR count). The molecule has 3 aromatic carbocycles. The van der Waals surface area contributed by atoms with Crippen LogP contribution in [0.5, 0.6) is 5.75 Å². The SMILES string of the molecule is O=C(Nc1cccc(Cl)c1)c1ccc(C(=O)Nc2nnc(-c3cc(Cl)cc(Cl)c3O)s2)cc1. The molecule has 0 aliphatic carbocycles. The number of halogens is 3. The lowest BCUT2D eigenvalue weighted by Crippen LogP contribution is -2.14.